The number of urea groups is 1. The highest BCUT2D eigenvalue weighted by molar-refractivity contribution is 6.33. The molecule has 1 saturated carbocycles. The average molecular weight is 594 g/mol. The molecule has 10 heteroatoms. The number of amides is 2. The molecule has 2 saturated heterocycles. The molecule has 0 bridgehead atoms. The number of halogens is 3. The Bertz CT molecular complexity index is 1180. The summed E-state index contributed by atoms with van der Waals surface area (Å²) in [5, 5.41) is 4.01. The molecule has 3 fully saturated rings. The van der Waals surface area contributed by atoms with E-state index in [1.807, 2.05) is 24.1 Å². The van der Waals surface area contributed by atoms with E-state index in [0.29, 0.717) is 53.4 Å². The lowest BCUT2D eigenvalue weighted by Crippen LogP contribution is -2.58. The van der Waals surface area contributed by atoms with E-state index in [2.05, 4.69) is 26.9 Å². The maximum atomic E-state index is 14.3. The number of rotatable bonds is 9. The number of pyridine rings is 1. The summed E-state index contributed by atoms with van der Waals surface area (Å²) in [6, 6.07) is 8.20. The Labute approximate surface area is 249 Å². The van der Waals surface area contributed by atoms with Crippen LogP contribution in [0.4, 0.5) is 15.0 Å². The number of hydrogen-bond acceptors (Lipinski definition) is 5. The largest absolute Gasteiger partial charge is 0.353 e. The van der Waals surface area contributed by atoms with Crippen molar-refractivity contribution in [1.29, 1.82) is 0 Å². The molecule has 3 aliphatic rings. The molecule has 1 N–H and O–H groups in total. The number of benzene rings is 1. The number of aromatic nitrogens is 1. The number of piperidine rings is 1. The van der Waals surface area contributed by atoms with E-state index >= 15 is 0 Å². The Morgan fingerprint density at radius 1 is 1.12 bits per heavy atom. The van der Waals surface area contributed by atoms with Crippen LogP contribution in [-0.4, -0.2) is 83.1 Å². The quantitative estimate of drug-likeness (QED) is 0.385. The van der Waals surface area contributed by atoms with Gasteiger partial charge in [0.15, 0.2) is 0 Å². The SMILES string of the molecule is CCNC(=O)N(Cc1cnc(N2CCN(C3CCN(Cc4ccc(Cl)cc4F)CC3)[C@@H](CC)C2)c(Cl)c1)C1CC1.[HH]. The van der Waals surface area contributed by atoms with Crippen LogP contribution in [0.25, 0.3) is 0 Å². The number of nitrogens with one attached hydrogen (secondary N) is 1. The van der Waals surface area contributed by atoms with Gasteiger partial charge in [-0.05, 0) is 75.9 Å². The summed E-state index contributed by atoms with van der Waals surface area (Å²) < 4.78 is 14.3. The van der Waals surface area contributed by atoms with Crippen LogP contribution < -0.4 is 10.2 Å². The minimum atomic E-state index is -0.223. The summed E-state index contributed by atoms with van der Waals surface area (Å²) in [6.45, 7) is 10.6. The first-order valence-electron chi connectivity index (χ1n) is 14.7. The highest BCUT2D eigenvalue weighted by Gasteiger charge is 2.35. The zero-order valence-electron chi connectivity index (χ0n) is 23.6. The van der Waals surface area contributed by atoms with E-state index < -0.39 is 0 Å². The van der Waals surface area contributed by atoms with Crippen LogP contribution in [0.15, 0.2) is 30.5 Å². The minimum absolute atomic E-state index is 0. The van der Waals surface area contributed by atoms with Crippen LogP contribution in [0.1, 0.15) is 58.5 Å². The van der Waals surface area contributed by atoms with Crippen molar-refractivity contribution in [2.24, 2.45) is 0 Å². The van der Waals surface area contributed by atoms with Gasteiger partial charge in [-0.1, -0.05) is 36.2 Å². The molecule has 2 amide bonds. The third kappa shape index (κ3) is 7.01. The molecule has 0 radical (unpaired) electrons. The Hall–Kier alpha value is -2.13. The fourth-order valence-electron chi connectivity index (χ4n) is 6.20. The number of nitrogens with zero attached hydrogens (tertiary/aromatic N) is 5. The van der Waals surface area contributed by atoms with E-state index in [0.717, 1.165) is 76.2 Å². The molecule has 40 heavy (non-hydrogen) atoms. The van der Waals surface area contributed by atoms with Gasteiger partial charge in [0, 0.05) is 75.6 Å². The summed E-state index contributed by atoms with van der Waals surface area (Å²) in [6.07, 6.45) is 7.22. The standard InChI is InChI=1S/C30H41Cl2FN6O.H2/c1-3-24-20-37(29-27(32)15-21(17-35-29)18-39(25-7-8-25)30(40)34-4-2)13-14-38(24)26-9-11-36(12-10-26)19-22-5-6-23(31)16-28(22)33;/h5-6,15-17,24-26H,3-4,7-14,18-20H2,1-2H3,(H,34,40);1H/t24-;/m0./s1. The second-order valence-corrected chi connectivity index (χ2v) is 12.2. The average Bonchev–Trinajstić information content (AvgIpc) is 3.79. The van der Waals surface area contributed by atoms with E-state index in [-0.39, 0.29) is 13.3 Å². The van der Waals surface area contributed by atoms with Crippen molar-refractivity contribution in [3.63, 3.8) is 0 Å². The first-order chi connectivity index (χ1) is 19.4. The van der Waals surface area contributed by atoms with E-state index in [1.165, 1.54) is 6.07 Å². The topological polar surface area (TPSA) is 55.0 Å². The van der Waals surface area contributed by atoms with Gasteiger partial charge < -0.3 is 15.1 Å². The summed E-state index contributed by atoms with van der Waals surface area (Å²) in [5.41, 5.74) is 1.67. The van der Waals surface area contributed by atoms with Crippen LogP contribution in [-0.2, 0) is 13.1 Å². The Balaban J connectivity index is 0.00000387. The Morgan fingerprint density at radius 2 is 1.90 bits per heavy atom. The lowest BCUT2D eigenvalue weighted by Gasteiger charge is -2.47. The molecule has 1 aliphatic carbocycles. The number of hydrogen-bond donors (Lipinski definition) is 1. The smallest absolute Gasteiger partial charge is 0.317 e. The molecule has 7 nitrogen and oxygen atoms in total. The monoisotopic (exact) mass is 592 g/mol. The van der Waals surface area contributed by atoms with Gasteiger partial charge in [0.05, 0.1) is 5.02 Å². The molecule has 2 aromatic rings. The molecule has 2 aliphatic heterocycles. The lowest BCUT2D eigenvalue weighted by molar-refractivity contribution is 0.0607. The summed E-state index contributed by atoms with van der Waals surface area (Å²) in [4.78, 5) is 26.5. The second kappa shape index (κ2) is 13.2. The van der Waals surface area contributed by atoms with Crippen molar-refractivity contribution in [3.8, 4) is 0 Å². The van der Waals surface area contributed by atoms with Crippen LogP contribution in [0, 0.1) is 5.82 Å². The van der Waals surface area contributed by atoms with Gasteiger partial charge in [0.25, 0.3) is 0 Å². The van der Waals surface area contributed by atoms with Crippen LogP contribution in [0.2, 0.25) is 10.0 Å². The van der Waals surface area contributed by atoms with Gasteiger partial charge in [0.2, 0.25) is 0 Å². The molecule has 1 aromatic carbocycles. The highest BCUT2D eigenvalue weighted by Crippen LogP contribution is 2.32. The number of carbonyl (C=O) groups excluding carboxylic acids is 1. The zero-order chi connectivity index (χ0) is 28.2. The van der Waals surface area contributed by atoms with Crippen molar-refractivity contribution in [3.05, 3.63) is 57.5 Å². The van der Waals surface area contributed by atoms with Crippen LogP contribution in [0.3, 0.4) is 0 Å². The van der Waals surface area contributed by atoms with Crippen molar-refractivity contribution in [2.75, 3.05) is 44.2 Å². The van der Waals surface area contributed by atoms with Crippen LogP contribution in [0.5, 0.6) is 0 Å². The zero-order valence-corrected chi connectivity index (χ0v) is 25.1. The first kappa shape index (κ1) is 29.4. The number of piperazine rings is 1. The normalized spacial score (nSPS) is 21.0. The fourth-order valence-corrected chi connectivity index (χ4v) is 6.67. The van der Waals surface area contributed by atoms with Gasteiger partial charge in [-0.25, -0.2) is 14.2 Å². The van der Waals surface area contributed by atoms with Crippen molar-refractivity contribution < 1.29 is 10.6 Å². The summed E-state index contributed by atoms with van der Waals surface area (Å²) >= 11 is 12.7. The van der Waals surface area contributed by atoms with Crippen LogP contribution >= 0.6 is 23.2 Å². The number of anilines is 1. The predicted octanol–water partition coefficient (Wildman–Crippen LogP) is 6.03. The van der Waals surface area contributed by atoms with E-state index in [1.54, 1.807) is 12.1 Å². The van der Waals surface area contributed by atoms with Gasteiger partial charge >= 0.3 is 6.03 Å². The summed E-state index contributed by atoms with van der Waals surface area (Å²) in [5.74, 6) is 0.610. The minimum Gasteiger partial charge on any atom is -0.353 e. The van der Waals surface area contributed by atoms with Gasteiger partial charge in [-0.3, -0.25) is 9.80 Å². The van der Waals surface area contributed by atoms with Gasteiger partial charge in [-0.15, -0.1) is 0 Å². The van der Waals surface area contributed by atoms with Gasteiger partial charge in [-0.2, -0.15) is 0 Å². The molecular formula is C30H43Cl2FN6O. The van der Waals surface area contributed by atoms with E-state index in [9.17, 15) is 9.18 Å². The first-order valence-corrected chi connectivity index (χ1v) is 15.5. The number of likely N-dealkylation sites (tertiary alicyclic amines) is 1. The Kier molecular flexibility index (Phi) is 9.72. The molecular weight excluding hydrogens is 550 g/mol. The molecule has 3 heterocycles. The molecule has 5 rings (SSSR count). The molecule has 220 valence electrons. The molecule has 1 atom stereocenters. The third-order valence-corrected chi connectivity index (χ3v) is 9.06. The predicted molar refractivity (Wildman–Crippen MR) is 162 cm³/mol. The van der Waals surface area contributed by atoms with E-state index in [4.69, 9.17) is 28.2 Å². The summed E-state index contributed by atoms with van der Waals surface area (Å²) in [7, 11) is 0. The highest BCUT2D eigenvalue weighted by atomic mass is 35.5. The number of carbonyl (C=O) groups is 1. The molecule has 0 spiro atoms. The van der Waals surface area contributed by atoms with Crippen molar-refractivity contribution in [1.82, 2.24) is 25.0 Å². The maximum Gasteiger partial charge on any atom is 0.317 e. The van der Waals surface area contributed by atoms with Gasteiger partial charge in [0.1, 0.15) is 11.6 Å². The molecule has 0 unspecified atom stereocenters. The molecule has 1 aromatic heterocycles. The second-order valence-electron chi connectivity index (χ2n) is 11.3. The third-order valence-electron chi connectivity index (χ3n) is 8.54. The van der Waals surface area contributed by atoms with Crippen molar-refractivity contribution in [2.45, 2.75) is 77.2 Å². The lowest BCUT2D eigenvalue weighted by atomic mass is 9.97. The van der Waals surface area contributed by atoms with Crippen molar-refractivity contribution >= 4 is 35.1 Å². The Morgan fingerprint density at radius 3 is 2.55 bits per heavy atom. The fraction of sp³-hybridized carbons (Fsp3) is 0.600. The maximum absolute atomic E-state index is 14.3.